The number of hydrogen-bond acceptors (Lipinski definition) is 5. The molecule has 0 aliphatic carbocycles. The maximum absolute atomic E-state index is 5.70. The fraction of sp³-hybridized carbons (Fsp3) is 0.667. The lowest BCUT2D eigenvalue weighted by Gasteiger charge is -2.23. The standard InChI is InChI=1S/C12H23N5/c1-9-15-10(6-11(16-9)17(4)5)14-8-12(2,3)7-13/h6H,7-8,13H2,1-5H3,(H,14,15,16). The maximum atomic E-state index is 5.70. The van der Waals surface area contributed by atoms with E-state index in [9.17, 15) is 0 Å². The third-order valence-electron chi connectivity index (χ3n) is 2.58. The molecule has 3 N–H and O–H groups in total. The van der Waals surface area contributed by atoms with Crippen LogP contribution in [0, 0.1) is 12.3 Å². The molecule has 0 aliphatic heterocycles. The number of rotatable bonds is 5. The molecule has 0 saturated heterocycles. The van der Waals surface area contributed by atoms with E-state index in [0.717, 1.165) is 24.0 Å². The van der Waals surface area contributed by atoms with Gasteiger partial charge in [-0.15, -0.1) is 0 Å². The van der Waals surface area contributed by atoms with Crippen molar-refractivity contribution < 1.29 is 0 Å². The average Bonchev–Trinajstić information content (AvgIpc) is 2.26. The van der Waals surface area contributed by atoms with Crippen molar-refractivity contribution in [2.24, 2.45) is 11.1 Å². The maximum Gasteiger partial charge on any atom is 0.133 e. The second kappa shape index (κ2) is 5.31. The van der Waals surface area contributed by atoms with E-state index in [1.807, 2.05) is 32.0 Å². The summed E-state index contributed by atoms with van der Waals surface area (Å²) >= 11 is 0. The molecular weight excluding hydrogens is 214 g/mol. The van der Waals surface area contributed by atoms with Gasteiger partial charge in [-0.05, 0) is 18.9 Å². The second-order valence-electron chi connectivity index (χ2n) is 5.27. The Morgan fingerprint density at radius 3 is 2.53 bits per heavy atom. The smallest absolute Gasteiger partial charge is 0.133 e. The van der Waals surface area contributed by atoms with Crippen molar-refractivity contribution in [1.82, 2.24) is 9.97 Å². The van der Waals surface area contributed by atoms with E-state index >= 15 is 0 Å². The molecule has 0 bridgehead atoms. The van der Waals surface area contributed by atoms with Gasteiger partial charge >= 0.3 is 0 Å². The van der Waals surface area contributed by atoms with Gasteiger partial charge in [-0.1, -0.05) is 13.8 Å². The normalized spacial score (nSPS) is 11.4. The van der Waals surface area contributed by atoms with Crippen LogP contribution in [-0.4, -0.2) is 37.2 Å². The third kappa shape index (κ3) is 4.19. The first-order chi connectivity index (χ1) is 7.84. The number of aryl methyl sites for hydroxylation is 1. The summed E-state index contributed by atoms with van der Waals surface area (Å²) < 4.78 is 0. The zero-order valence-corrected chi connectivity index (χ0v) is 11.4. The predicted molar refractivity (Wildman–Crippen MR) is 72.4 cm³/mol. The van der Waals surface area contributed by atoms with Crippen molar-refractivity contribution in [3.8, 4) is 0 Å². The largest absolute Gasteiger partial charge is 0.369 e. The van der Waals surface area contributed by atoms with Crippen molar-refractivity contribution in [1.29, 1.82) is 0 Å². The monoisotopic (exact) mass is 237 g/mol. The predicted octanol–water partition coefficient (Wildman–Crippen LogP) is 1.25. The van der Waals surface area contributed by atoms with Crippen LogP contribution in [0.3, 0.4) is 0 Å². The number of nitrogens with two attached hydrogens (primary N) is 1. The van der Waals surface area contributed by atoms with E-state index < -0.39 is 0 Å². The lowest BCUT2D eigenvalue weighted by molar-refractivity contribution is 0.405. The van der Waals surface area contributed by atoms with E-state index in [0.29, 0.717) is 6.54 Å². The van der Waals surface area contributed by atoms with Crippen molar-refractivity contribution in [3.05, 3.63) is 11.9 Å². The Morgan fingerprint density at radius 2 is 2.00 bits per heavy atom. The molecule has 1 aromatic rings. The van der Waals surface area contributed by atoms with Crippen LogP contribution in [0.2, 0.25) is 0 Å². The van der Waals surface area contributed by atoms with Crippen LogP contribution < -0.4 is 16.0 Å². The Bertz CT molecular complexity index is 373. The Balaban J connectivity index is 2.78. The highest BCUT2D eigenvalue weighted by Crippen LogP contribution is 2.17. The summed E-state index contributed by atoms with van der Waals surface area (Å²) in [6.07, 6.45) is 0. The van der Waals surface area contributed by atoms with Gasteiger partial charge in [0.25, 0.3) is 0 Å². The first kappa shape index (κ1) is 13.7. The third-order valence-corrected chi connectivity index (χ3v) is 2.58. The van der Waals surface area contributed by atoms with E-state index in [1.165, 1.54) is 0 Å². The second-order valence-corrected chi connectivity index (χ2v) is 5.27. The summed E-state index contributed by atoms with van der Waals surface area (Å²) in [5, 5.41) is 3.31. The lowest BCUT2D eigenvalue weighted by Crippen LogP contribution is -2.31. The van der Waals surface area contributed by atoms with Gasteiger partial charge in [0, 0.05) is 26.7 Å². The molecule has 5 heteroatoms. The fourth-order valence-corrected chi connectivity index (χ4v) is 1.27. The molecule has 0 aromatic carbocycles. The number of anilines is 2. The van der Waals surface area contributed by atoms with Gasteiger partial charge < -0.3 is 16.0 Å². The molecule has 0 atom stereocenters. The van der Waals surface area contributed by atoms with Crippen molar-refractivity contribution in [2.75, 3.05) is 37.4 Å². The van der Waals surface area contributed by atoms with Crippen LogP contribution in [0.5, 0.6) is 0 Å². The topological polar surface area (TPSA) is 67.1 Å². The van der Waals surface area contributed by atoms with Crippen LogP contribution in [0.25, 0.3) is 0 Å². The number of nitrogens with one attached hydrogen (secondary N) is 1. The van der Waals surface area contributed by atoms with Gasteiger partial charge in [-0.3, -0.25) is 0 Å². The minimum Gasteiger partial charge on any atom is -0.369 e. The van der Waals surface area contributed by atoms with Crippen LogP contribution in [0.15, 0.2) is 6.07 Å². The zero-order valence-electron chi connectivity index (χ0n) is 11.4. The fourth-order valence-electron chi connectivity index (χ4n) is 1.27. The summed E-state index contributed by atoms with van der Waals surface area (Å²) in [6.45, 7) is 7.59. The first-order valence-corrected chi connectivity index (χ1v) is 5.81. The Hall–Kier alpha value is -1.36. The van der Waals surface area contributed by atoms with Crippen molar-refractivity contribution >= 4 is 11.6 Å². The highest BCUT2D eigenvalue weighted by Gasteiger charge is 2.15. The van der Waals surface area contributed by atoms with E-state index in [1.54, 1.807) is 0 Å². The molecule has 0 spiro atoms. The molecule has 0 unspecified atom stereocenters. The summed E-state index contributed by atoms with van der Waals surface area (Å²) in [5.74, 6) is 2.53. The van der Waals surface area contributed by atoms with Crippen LogP contribution in [-0.2, 0) is 0 Å². The molecule has 0 fully saturated rings. The number of hydrogen-bond donors (Lipinski definition) is 2. The summed E-state index contributed by atoms with van der Waals surface area (Å²) in [5.41, 5.74) is 5.76. The van der Waals surface area contributed by atoms with Crippen LogP contribution in [0.4, 0.5) is 11.6 Å². The van der Waals surface area contributed by atoms with E-state index in [2.05, 4.69) is 29.1 Å². The van der Waals surface area contributed by atoms with Gasteiger partial charge in [0.2, 0.25) is 0 Å². The molecule has 0 radical (unpaired) electrons. The molecule has 5 nitrogen and oxygen atoms in total. The molecule has 0 amide bonds. The summed E-state index contributed by atoms with van der Waals surface area (Å²) in [7, 11) is 3.94. The van der Waals surface area contributed by atoms with Crippen LogP contribution in [0.1, 0.15) is 19.7 Å². The van der Waals surface area contributed by atoms with Gasteiger partial charge in [-0.25, -0.2) is 9.97 Å². The van der Waals surface area contributed by atoms with Crippen molar-refractivity contribution in [2.45, 2.75) is 20.8 Å². The number of nitrogens with zero attached hydrogens (tertiary/aromatic N) is 3. The first-order valence-electron chi connectivity index (χ1n) is 5.81. The molecule has 0 aliphatic rings. The highest BCUT2D eigenvalue weighted by molar-refractivity contribution is 5.48. The minimum atomic E-state index is 0.0666. The summed E-state index contributed by atoms with van der Waals surface area (Å²) in [6, 6.07) is 1.94. The molecule has 96 valence electrons. The Labute approximate surface area is 103 Å². The zero-order chi connectivity index (χ0) is 13.1. The molecule has 1 heterocycles. The Kier molecular flexibility index (Phi) is 4.28. The minimum absolute atomic E-state index is 0.0666. The Morgan fingerprint density at radius 1 is 1.35 bits per heavy atom. The highest BCUT2D eigenvalue weighted by atomic mass is 15.2. The van der Waals surface area contributed by atoms with Crippen LogP contribution >= 0.6 is 0 Å². The average molecular weight is 237 g/mol. The van der Waals surface area contributed by atoms with Gasteiger partial charge in [-0.2, -0.15) is 0 Å². The number of aromatic nitrogens is 2. The molecule has 1 rings (SSSR count). The molecule has 0 saturated carbocycles. The molecule has 1 aromatic heterocycles. The van der Waals surface area contributed by atoms with Gasteiger partial charge in [0.05, 0.1) is 0 Å². The molecular formula is C12H23N5. The lowest BCUT2D eigenvalue weighted by atomic mass is 9.94. The quantitative estimate of drug-likeness (QED) is 0.806. The molecule has 17 heavy (non-hydrogen) atoms. The SMILES string of the molecule is Cc1nc(NCC(C)(C)CN)cc(N(C)C)n1. The van der Waals surface area contributed by atoms with E-state index in [-0.39, 0.29) is 5.41 Å². The van der Waals surface area contributed by atoms with E-state index in [4.69, 9.17) is 5.73 Å². The van der Waals surface area contributed by atoms with Crippen molar-refractivity contribution in [3.63, 3.8) is 0 Å². The van der Waals surface area contributed by atoms with Gasteiger partial charge in [0.1, 0.15) is 17.5 Å². The summed E-state index contributed by atoms with van der Waals surface area (Å²) in [4.78, 5) is 10.7. The van der Waals surface area contributed by atoms with Gasteiger partial charge in [0.15, 0.2) is 0 Å².